The normalized spacial score (nSPS) is 42.4. The molecule has 6 saturated carbocycles. The lowest BCUT2D eigenvalue weighted by molar-refractivity contribution is -0.707. The Morgan fingerprint density at radius 2 is 1.03 bits per heavy atom. The average Bonchev–Trinajstić information content (AvgIpc) is 2.79. The highest BCUT2D eigenvalue weighted by atomic mass is 16.6. The molecule has 2 aromatic carbocycles. The summed E-state index contributed by atoms with van der Waals surface area (Å²) in [4.78, 5) is 47.2. The predicted molar refractivity (Wildman–Crippen MR) is 113 cm³/mol. The number of rotatable bonds is 6. The van der Waals surface area contributed by atoms with Crippen LogP contribution in [0.3, 0.4) is 0 Å². The molecule has 0 N–H and O–H groups in total. The van der Waals surface area contributed by atoms with Gasteiger partial charge in [-0.3, -0.25) is 29.8 Å². The molecule has 2 aromatic rings. The van der Waals surface area contributed by atoms with Gasteiger partial charge in [-0.1, -0.05) is 13.8 Å². The van der Waals surface area contributed by atoms with Gasteiger partial charge in [0.2, 0.25) is 0 Å². The topological polar surface area (TPSA) is 139 Å². The number of ether oxygens (including phenoxy) is 2. The van der Waals surface area contributed by atoms with Crippen molar-refractivity contribution >= 4 is 23.3 Å². The Labute approximate surface area is 192 Å². The van der Waals surface area contributed by atoms with E-state index in [4.69, 9.17) is 9.47 Å². The number of nitro benzene ring substituents is 2. The third kappa shape index (κ3) is 1.47. The second kappa shape index (κ2) is 5.29. The third-order valence-electron chi connectivity index (χ3n) is 10.4. The van der Waals surface area contributed by atoms with Gasteiger partial charge in [-0.05, 0) is 58.8 Å². The summed E-state index contributed by atoms with van der Waals surface area (Å²) in [6.07, 6.45) is 0. The molecule has 34 heavy (non-hydrogen) atoms. The summed E-state index contributed by atoms with van der Waals surface area (Å²) >= 11 is 0. The van der Waals surface area contributed by atoms with Gasteiger partial charge < -0.3 is 9.47 Å². The zero-order valence-corrected chi connectivity index (χ0v) is 18.1. The lowest BCUT2D eigenvalue weighted by atomic mass is 8.84. The molecule has 0 aromatic heterocycles. The van der Waals surface area contributed by atoms with Crippen LogP contribution in [0.15, 0.2) is 48.5 Å². The van der Waals surface area contributed by atoms with E-state index in [1.165, 1.54) is 48.5 Å². The van der Waals surface area contributed by atoms with Gasteiger partial charge in [0.1, 0.15) is 11.5 Å². The van der Waals surface area contributed by atoms with E-state index in [1.54, 1.807) is 0 Å². The van der Waals surface area contributed by atoms with Crippen LogP contribution < -0.4 is 9.47 Å². The lowest BCUT2D eigenvalue weighted by Crippen LogP contribution is -3.19. The summed E-state index contributed by atoms with van der Waals surface area (Å²) in [6.45, 7) is 4.10. The standard InChI is InChI=1S/C24H18N2O8/c1-21-17-15-16-18(23(15,21)19(27)33-13-7-3-11(4-8-13)25(29)30)22(21,2)24(16,17)20(28)34-14-9-5-12(6-10-14)26(31)32/h3-10,15-18H,1-2H3/t15-,16+,17-,18-,21+,22-,23+,24+/m0/s1. The number of benzene rings is 2. The zero-order valence-electron chi connectivity index (χ0n) is 18.1. The molecule has 10 nitrogen and oxygen atoms in total. The minimum absolute atomic E-state index is 0.0509. The van der Waals surface area contributed by atoms with E-state index in [2.05, 4.69) is 13.8 Å². The first-order valence-electron chi connectivity index (χ1n) is 11.0. The molecule has 10 heteroatoms. The zero-order chi connectivity index (χ0) is 24.0. The fourth-order valence-corrected chi connectivity index (χ4v) is 9.50. The molecule has 0 heterocycles. The highest BCUT2D eigenvalue weighted by molar-refractivity contribution is 6.00. The van der Waals surface area contributed by atoms with Crippen LogP contribution in [0.4, 0.5) is 11.4 Å². The van der Waals surface area contributed by atoms with Gasteiger partial charge >= 0.3 is 11.9 Å². The fourth-order valence-electron chi connectivity index (χ4n) is 9.50. The van der Waals surface area contributed by atoms with Crippen LogP contribution in [0.1, 0.15) is 13.8 Å². The Bertz CT molecular complexity index is 1270. The van der Waals surface area contributed by atoms with Crippen LogP contribution in [-0.2, 0) is 9.59 Å². The number of non-ortho nitro benzene ring substituents is 2. The fraction of sp³-hybridized carbons (Fsp3) is 0.417. The van der Waals surface area contributed by atoms with E-state index in [0.717, 1.165) is 0 Å². The summed E-state index contributed by atoms with van der Waals surface area (Å²) in [5.41, 5.74) is -2.07. The molecule has 0 aliphatic heterocycles. The van der Waals surface area contributed by atoms with Crippen LogP contribution in [0.2, 0.25) is 0 Å². The van der Waals surface area contributed by atoms with Gasteiger partial charge in [0.25, 0.3) is 11.4 Å². The smallest absolute Gasteiger partial charge is 0.318 e. The molecule has 6 aliphatic carbocycles. The van der Waals surface area contributed by atoms with Crippen molar-refractivity contribution < 1.29 is 28.9 Å². The van der Waals surface area contributed by atoms with Crippen molar-refractivity contribution in [2.45, 2.75) is 13.8 Å². The van der Waals surface area contributed by atoms with Crippen LogP contribution in [0.25, 0.3) is 0 Å². The van der Waals surface area contributed by atoms with Crippen LogP contribution in [0.5, 0.6) is 11.5 Å². The van der Waals surface area contributed by atoms with Crippen molar-refractivity contribution in [1.29, 1.82) is 0 Å². The largest absolute Gasteiger partial charge is 0.426 e. The summed E-state index contributed by atoms with van der Waals surface area (Å²) in [7, 11) is 0. The maximum atomic E-state index is 13.3. The van der Waals surface area contributed by atoms with Crippen molar-refractivity contribution in [2.75, 3.05) is 0 Å². The van der Waals surface area contributed by atoms with Gasteiger partial charge in [0, 0.05) is 24.3 Å². The molecule has 6 fully saturated rings. The van der Waals surface area contributed by atoms with E-state index in [0.29, 0.717) is 0 Å². The number of hydrogen-bond acceptors (Lipinski definition) is 8. The summed E-state index contributed by atoms with van der Waals surface area (Å²) in [5, 5.41) is 21.7. The van der Waals surface area contributed by atoms with Crippen molar-refractivity contribution in [2.24, 2.45) is 45.3 Å². The van der Waals surface area contributed by atoms with Gasteiger partial charge in [0.15, 0.2) is 0 Å². The van der Waals surface area contributed by atoms with Gasteiger partial charge in [0.05, 0.1) is 20.7 Å². The molecular formula is C24H18N2O8. The summed E-state index contributed by atoms with van der Waals surface area (Å²) < 4.78 is 11.3. The molecule has 6 aliphatic rings. The first-order chi connectivity index (χ1) is 16.1. The van der Waals surface area contributed by atoms with Crippen molar-refractivity contribution in [3.8, 4) is 11.5 Å². The first kappa shape index (κ1) is 19.6. The van der Waals surface area contributed by atoms with Crippen LogP contribution in [0, 0.1) is 65.6 Å². The van der Waals surface area contributed by atoms with Crippen LogP contribution in [-0.4, -0.2) is 21.8 Å². The molecule has 0 amide bonds. The lowest BCUT2D eigenvalue weighted by Gasteiger charge is -3.16. The molecule has 8 atom stereocenters. The highest BCUT2D eigenvalue weighted by Gasteiger charge is 3.21. The van der Waals surface area contributed by atoms with E-state index >= 15 is 0 Å². The SMILES string of the molecule is C[C@]12[C@@H]3[C@@H]4[C@@H]5[C@H]([C@@]41C(=O)Oc1ccc([N+](=O)[O-])cc1)[C@]2(C)[C@]53C(=O)Oc1ccc([N+](=O)[O-])cc1. The van der Waals surface area contributed by atoms with Gasteiger partial charge in [-0.25, -0.2) is 0 Å². The minimum atomic E-state index is -0.603. The number of carbonyl (C=O) groups excluding carboxylic acids is 2. The second-order valence-corrected chi connectivity index (χ2v) is 10.4. The maximum absolute atomic E-state index is 13.3. The van der Waals surface area contributed by atoms with Gasteiger partial charge in [-0.2, -0.15) is 0 Å². The number of esters is 2. The first-order valence-corrected chi connectivity index (χ1v) is 11.0. The van der Waals surface area contributed by atoms with Crippen LogP contribution >= 0.6 is 0 Å². The predicted octanol–water partition coefficient (Wildman–Crippen LogP) is 3.53. The molecule has 0 unspecified atom stereocenters. The Balaban J connectivity index is 1.10. The second-order valence-electron chi connectivity index (χ2n) is 10.4. The Kier molecular flexibility index (Phi) is 3.05. The van der Waals surface area contributed by atoms with Gasteiger partial charge in [-0.15, -0.1) is 0 Å². The number of hydrogen-bond donors (Lipinski definition) is 0. The summed E-state index contributed by atoms with van der Waals surface area (Å²) in [5.74, 6) is 0.167. The maximum Gasteiger partial charge on any atom is 0.318 e. The molecule has 0 spiro atoms. The average molecular weight is 462 g/mol. The quantitative estimate of drug-likeness (QED) is 0.275. The number of nitro groups is 2. The minimum Gasteiger partial charge on any atom is -0.426 e. The van der Waals surface area contributed by atoms with E-state index in [1.807, 2.05) is 0 Å². The van der Waals surface area contributed by atoms with Crippen molar-refractivity contribution in [3.05, 3.63) is 68.8 Å². The molecule has 172 valence electrons. The Hall–Kier alpha value is -3.82. The van der Waals surface area contributed by atoms with Crippen molar-refractivity contribution in [1.82, 2.24) is 0 Å². The highest BCUT2D eigenvalue weighted by Crippen LogP contribution is 3.18. The Morgan fingerprint density at radius 1 is 0.706 bits per heavy atom. The van der Waals surface area contributed by atoms with Crippen molar-refractivity contribution in [3.63, 3.8) is 0 Å². The molecule has 0 bridgehead atoms. The monoisotopic (exact) mass is 462 g/mol. The Morgan fingerprint density at radius 3 is 1.29 bits per heavy atom. The van der Waals surface area contributed by atoms with E-state index in [9.17, 15) is 29.8 Å². The molecule has 8 rings (SSSR count). The number of carbonyl (C=O) groups is 2. The summed E-state index contributed by atoms with van der Waals surface area (Å²) in [6, 6.07) is 10.9. The molecular weight excluding hydrogens is 444 g/mol. The van der Waals surface area contributed by atoms with E-state index in [-0.39, 0.29) is 69.3 Å². The molecule has 0 saturated heterocycles. The third-order valence-corrected chi connectivity index (χ3v) is 10.4. The number of nitrogens with zero attached hydrogens (tertiary/aromatic N) is 2. The molecule has 0 radical (unpaired) electrons. The van der Waals surface area contributed by atoms with E-state index < -0.39 is 20.7 Å².